The molecular weight excluding hydrogens is 188 g/mol. The highest BCUT2D eigenvalue weighted by Crippen LogP contribution is 2.18. The Labute approximate surface area is 91.4 Å². The van der Waals surface area contributed by atoms with E-state index >= 15 is 0 Å². The van der Waals surface area contributed by atoms with E-state index in [-0.39, 0.29) is 0 Å². The van der Waals surface area contributed by atoms with Gasteiger partial charge in [0.1, 0.15) is 0 Å². The van der Waals surface area contributed by atoms with E-state index in [1.165, 1.54) is 12.8 Å². The highest BCUT2D eigenvalue weighted by molar-refractivity contribution is 4.96. The van der Waals surface area contributed by atoms with E-state index in [2.05, 4.69) is 12.3 Å². The Morgan fingerprint density at radius 1 is 1.40 bits per heavy atom. The number of hydrogen-bond donors (Lipinski definition) is 1. The van der Waals surface area contributed by atoms with Gasteiger partial charge in [-0.25, -0.2) is 0 Å². The van der Waals surface area contributed by atoms with Crippen molar-refractivity contribution in [3.63, 3.8) is 0 Å². The van der Waals surface area contributed by atoms with Crippen molar-refractivity contribution in [3.8, 4) is 0 Å². The molecule has 1 aliphatic rings. The number of aromatic nitrogens is 1. The molecule has 0 amide bonds. The van der Waals surface area contributed by atoms with Crippen molar-refractivity contribution < 1.29 is 4.74 Å². The highest BCUT2D eigenvalue weighted by Gasteiger charge is 2.21. The maximum absolute atomic E-state index is 5.72. The van der Waals surface area contributed by atoms with E-state index in [4.69, 9.17) is 4.74 Å². The van der Waals surface area contributed by atoms with Crippen LogP contribution in [0.4, 0.5) is 0 Å². The van der Waals surface area contributed by atoms with Crippen LogP contribution in [0.2, 0.25) is 0 Å². The topological polar surface area (TPSA) is 26.2 Å². The van der Waals surface area contributed by atoms with Gasteiger partial charge in [-0.2, -0.15) is 0 Å². The largest absolute Gasteiger partial charge is 0.378 e. The summed E-state index contributed by atoms with van der Waals surface area (Å²) in [5.74, 6) is 0. The minimum absolute atomic E-state index is 0.455. The SMILES string of the molecule is CCCC1CC(Nn2cccc2)CCO1. The van der Waals surface area contributed by atoms with Crippen LogP contribution in [0.1, 0.15) is 32.6 Å². The minimum Gasteiger partial charge on any atom is -0.378 e. The van der Waals surface area contributed by atoms with Gasteiger partial charge in [-0.1, -0.05) is 13.3 Å². The lowest BCUT2D eigenvalue weighted by Crippen LogP contribution is -2.37. The highest BCUT2D eigenvalue weighted by atomic mass is 16.5. The Balaban J connectivity index is 1.82. The third kappa shape index (κ3) is 2.99. The first-order valence-corrected chi connectivity index (χ1v) is 5.89. The molecule has 0 saturated carbocycles. The number of nitrogens with one attached hydrogen (secondary N) is 1. The summed E-state index contributed by atoms with van der Waals surface area (Å²) in [4.78, 5) is 0. The fourth-order valence-electron chi connectivity index (χ4n) is 2.15. The predicted octanol–water partition coefficient (Wildman–Crippen LogP) is 2.38. The molecule has 0 radical (unpaired) electrons. The van der Waals surface area contributed by atoms with Gasteiger partial charge in [-0.15, -0.1) is 0 Å². The van der Waals surface area contributed by atoms with E-state index in [0.29, 0.717) is 12.1 Å². The molecule has 1 aliphatic heterocycles. The normalized spacial score (nSPS) is 26.5. The molecule has 1 saturated heterocycles. The van der Waals surface area contributed by atoms with Gasteiger partial charge in [-0.05, 0) is 31.4 Å². The molecular formula is C12H20N2O. The third-order valence-electron chi connectivity index (χ3n) is 2.91. The zero-order valence-corrected chi connectivity index (χ0v) is 9.36. The monoisotopic (exact) mass is 208 g/mol. The van der Waals surface area contributed by atoms with Crippen molar-refractivity contribution in [2.24, 2.45) is 0 Å². The molecule has 1 fully saturated rings. The number of ether oxygens (including phenoxy) is 1. The first kappa shape index (κ1) is 10.6. The molecule has 0 aliphatic carbocycles. The van der Waals surface area contributed by atoms with E-state index in [1.54, 1.807) is 0 Å². The zero-order valence-electron chi connectivity index (χ0n) is 9.36. The summed E-state index contributed by atoms with van der Waals surface area (Å²) < 4.78 is 7.76. The Bertz CT molecular complexity index is 269. The molecule has 0 spiro atoms. The summed E-state index contributed by atoms with van der Waals surface area (Å²) in [5.41, 5.74) is 3.49. The van der Waals surface area contributed by atoms with E-state index in [0.717, 1.165) is 19.4 Å². The molecule has 1 aromatic heterocycles. The van der Waals surface area contributed by atoms with Crippen LogP contribution in [0.25, 0.3) is 0 Å². The molecule has 3 heteroatoms. The average molecular weight is 208 g/mol. The molecule has 3 nitrogen and oxygen atoms in total. The van der Waals surface area contributed by atoms with Crippen LogP contribution in [0, 0.1) is 0 Å². The van der Waals surface area contributed by atoms with Gasteiger partial charge in [0.25, 0.3) is 0 Å². The molecule has 0 bridgehead atoms. The van der Waals surface area contributed by atoms with Gasteiger partial charge in [0.15, 0.2) is 0 Å². The maximum Gasteiger partial charge on any atom is 0.0595 e. The van der Waals surface area contributed by atoms with Crippen LogP contribution < -0.4 is 5.43 Å². The van der Waals surface area contributed by atoms with Crippen molar-refractivity contribution in [2.45, 2.75) is 44.8 Å². The summed E-state index contributed by atoms with van der Waals surface area (Å²) in [5, 5.41) is 0. The zero-order chi connectivity index (χ0) is 10.5. The lowest BCUT2D eigenvalue weighted by Gasteiger charge is -2.30. The van der Waals surface area contributed by atoms with Crippen LogP contribution in [-0.2, 0) is 4.74 Å². The van der Waals surface area contributed by atoms with Crippen molar-refractivity contribution in [1.82, 2.24) is 4.68 Å². The van der Waals surface area contributed by atoms with Crippen LogP contribution in [0.15, 0.2) is 24.5 Å². The van der Waals surface area contributed by atoms with Gasteiger partial charge < -0.3 is 10.2 Å². The van der Waals surface area contributed by atoms with Gasteiger partial charge in [-0.3, -0.25) is 4.68 Å². The van der Waals surface area contributed by atoms with Crippen LogP contribution in [0.3, 0.4) is 0 Å². The van der Waals surface area contributed by atoms with E-state index < -0.39 is 0 Å². The lowest BCUT2D eigenvalue weighted by atomic mass is 10.0. The summed E-state index contributed by atoms with van der Waals surface area (Å²) in [6, 6.07) is 4.63. The first-order chi connectivity index (χ1) is 7.38. The minimum atomic E-state index is 0.455. The van der Waals surface area contributed by atoms with Gasteiger partial charge >= 0.3 is 0 Å². The molecule has 2 unspecified atom stereocenters. The van der Waals surface area contributed by atoms with Crippen molar-refractivity contribution in [2.75, 3.05) is 12.0 Å². The molecule has 1 aromatic rings. The molecule has 2 rings (SSSR count). The molecule has 0 aromatic carbocycles. The first-order valence-electron chi connectivity index (χ1n) is 5.89. The lowest BCUT2D eigenvalue weighted by molar-refractivity contribution is 0.00428. The number of hydrogen-bond acceptors (Lipinski definition) is 2. The Kier molecular flexibility index (Phi) is 3.67. The third-order valence-corrected chi connectivity index (χ3v) is 2.91. The average Bonchev–Trinajstić information content (AvgIpc) is 2.71. The second kappa shape index (κ2) is 5.21. The van der Waals surface area contributed by atoms with E-state index in [9.17, 15) is 0 Å². The predicted molar refractivity (Wildman–Crippen MR) is 61.5 cm³/mol. The summed E-state index contributed by atoms with van der Waals surface area (Å²) in [7, 11) is 0. The number of rotatable bonds is 4. The van der Waals surface area contributed by atoms with Gasteiger partial charge in [0.05, 0.1) is 6.10 Å². The van der Waals surface area contributed by atoms with Crippen LogP contribution in [-0.4, -0.2) is 23.4 Å². The molecule has 2 atom stereocenters. The molecule has 84 valence electrons. The summed E-state index contributed by atoms with van der Waals surface area (Å²) >= 11 is 0. The van der Waals surface area contributed by atoms with Gasteiger partial charge in [0, 0.05) is 25.0 Å². The fourth-order valence-corrected chi connectivity index (χ4v) is 2.15. The van der Waals surface area contributed by atoms with Crippen molar-refractivity contribution in [3.05, 3.63) is 24.5 Å². The standard InChI is InChI=1S/C12H20N2O/c1-2-5-12-10-11(6-9-15-12)13-14-7-3-4-8-14/h3-4,7-8,11-13H,2,5-6,9-10H2,1H3. The van der Waals surface area contributed by atoms with Crippen LogP contribution >= 0.6 is 0 Å². The Hall–Kier alpha value is -0.960. The molecule has 1 N–H and O–H groups in total. The van der Waals surface area contributed by atoms with Crippen LogP contribution in [0.5, 0.6) is 0 Å². The maximum atomic E-state index is 5.72. The smallest absolute Gasteiger partial charge is 0.0595 e. The summed E-state index contributed by atoms with van der Waals surface area (Å²) in [6.45, 7) is 3.11. The number of nitrogens with zero attached hydrogens (tertiary/aromatic N) is 1. The van der Waals surface area contributed by atoms with Crippen molar-refractivity contribution >= 4 is 0 Å². The fraction of sp³-hybridized carbons (Fsp3) is 0.667. The second-order valence-electron chi connectivity index (χ2n) is 4.22. The van der Waals surface area contributed by atoms with Crippen molar-refractivity contribution in [1.29, 1.82) is 0 Å². The Morgan fingerprint density at radius 3 is 2.93 bits per heavy atom. The quantitative estimate of drug-likeness (QED) is 0.822. The Morgan fingerprint density at radius 2 is 2.20 bits per heavy atom. The molecule has 15 heavy (non-hydrogen) atoms. The second-order valence-corrected chi connectivity index (χ2v) is 4.22. The van der Waals surface area contributed by atoms with Gasteiger partial charge in [0.2, 0.25) is 0 Å². The van der Waals surface area contributed by atoms with E-state index in [1.807, 2.05) is 29.2 Å². The summed E-state index contributed by atoms with van der Waals surface area (Å²) in [6.07, 6.45) is 9.18. The molecule has 2 heterocycles.